The molecule has 5 heteroatoms. The number of halogens is 1. The summed E-state index contributed by atoms with van der Waals surface area (Å²) in [7, 11) is 1.82. The molecule has 0 saturated heterocycles. The number of thiophene rings is 1. The molecule has 15 heavy (non-hydrogen) atoms. The van der Waals surface area contributed by atoms with Gasteiger partial charge in [0, 0.05) is 12.6 Å². The van der Waals surface area contributed by atoms with Gasteiger partial charge in [0.15, 0.2) is 0 Å². The van der Waals surface area contributed by atoms with Gasteiger partial charge < -0.3 is 5.11 Å². The van der Waals surface area contributed by atoms with Crippen molar-refractivity contribution in [3.63, 3.8) is 0 Å². The van der Waals surface area contributed by atoms with Crippen LogP contribution < -0.4 is 0 Å². The lowest BCUT2D eigenvalue weighted by Gasteiger charge is -2.11. The predicted octanol–water partition coefficient (Wildman–Crippen LogP) is 2.63. The molecule has 0 aliphatic rings. The smallest absolute Gasteiger partial charge is 0.123 e. The largest absolute Gasteiger partial charge is 0.382 e. The summed E-state index contributed by atoms with van der Waals surface area (Å²) in [6, 6.07) is 0. The molecule has 1 atom stereocenters. The summed E-state index contributed by atoms with van der Waals surface area (Å²) in [6.07, 6.45) is 1.08. The van der Waals surface area contributed by atoms with Crippen molar-refractivity contribution in [1.29, 1.82) is 0 Å². The minimum atomic E-state index is -0.613. The van der Waals surface area contributed by atoms with E-state index in [0.29, 0.717) is 0 Å². The molecule has 0 amide bonds. The third kappa shape index (κ3) is 1.87. The van der Waals surface area contributed by atoms with E-state index in [1.54, 1.807) is 22.2 Å². The third-order valence-corrected chi connectivity index (χ3v) is 3.88. The minimum absolute atomic E-state index is 0.613. The Morgan fingerprint density at radius 2 is 2.27 bits per heavy atom. The summed E-state index contributed by atoms with van der Waals surface area (Å²) >= 11 is 4.99. The van der Waals surface area contributed by atoms with Crippen LogP contribution in [0.25, 0.3) is 0 Å². The van der Waals surface area contributed by atoms with Crippen molar-refractivity contribution >= 4 is 27.3 Å². The SMILES string of the molecule is Cc1cscc1C(O)c1c(Br)cnn1C. The molecule has 3 nitrogen and oxygen atoms in total. The van der Waals surface area contributed by atoms with Crippen LogP contribution in [0, 0.1) is 6.92 Å². The van der Waals surface area contributed by atoms with Gasteiger partial charge in [-0.05, 0) is 39.2 Å². The summed E-state index contributed by atoms with van der Waals surface area (Å²) in [5.74, 6) is 0. The summed E-state index contributed by atoms with van der Waals surface area (Å²) in [4.78, 5) is 0. The van der Waals surface area contributed by atoms with Gasteiger partial charge >= 0.3 is 0 Å². The molecule has 0 bridgehead atoms. The van der Waals surface area contributed by atoms with E-state index in [4.69, 9.17) is 0 Å². The first-order valence-corrected chi connectivity index (χ1v) is 6.23. The van der Waals surface area contributed by atoms with E-state index in [9.17, 15) is 5.11 Å². The summed E-state index contributed by atoms with van der Waals surface area (Å²) in [6.45, 7) is 2.00. The Morgan fingerprint density at radius 3 is 2.73 bits per heavy atom. The first-order valence-electron chi connectivity index (χ1n) is 4.49. The van der Waals surface area contributed by atoms with Crippen molar-refractivity contribution in [3.8, 4) is 0 Å². The van der Waals surface area contributed by atoms with Gasteiger partial charge in [0.05, 0.1) is 16.4 Å². The lowest BCUT2D eigenvalue weighted by atomic mass is 10.1. The predicted molar refractivity (Wildman–Crippen MR) is 64.0 cm³/mol. The molecular formula is C10H11BrN2OS. The third-order valence-electron chi connectivity index (χ3n) is 2.39. The Labute approximate surface area is 100 Å². The van der Waals surface area contributed by atoms with E-state index in [-0.39, 0.29) is 0 Å². The molecule has 0 radical (unpaired) electrons. The molecule has 2 rings (SSSR count). The average molecular weight is 287 g/mol. The molecule has 0 saturated carbocycles. The van der Waals surface area contributed by atoms with Crippen LogP contribution in [0.1, 0.15) is 22.9 Å². The van der Waals surface area contributed by atoms with Gasteiger partial charge in [0.25, 0.3) is 0 Å². The Morgan fingerprint density at radius 1 is 1.53 bits per heavy atom. The van der Waals surface area contributed by atoms with E-state index in [1.165, 1.54) is 0 Å². The van der Waals surface area contributed by atoms with E-state index in [2.05, 4.69) is 21.0 Å². The highest BCUT2D eigenvalue weighted by molar-refractivity contribution is 9.10. The molecule has 0 aliphatic carbocycles. The Kier molecular flexibility index (Phi) is 2.95. The second-order valence-electron chi connectivity index (χ2n) is 3.41. The lowest BCUT2D eigenvalue weighted by molar-refractivity contribution is 0.209. The van der Waals surface area contributed by atoms with Gasteiger partial charge in [-0.2, -0.15) is 16.4 Å². The molecule has 0 aliphatic heterocycles. The molecule has 1 unspecified atom stereocenters. The summed E-state index contributed by atoms with van der Waals surface area (Å²) < 4.78 is 2.52. The normalized spacial score (nSPS) is 13.1. The van der Waals surface area contributed by atoms with E-state index in [0.717, 1.165) is 21.3 Å². The van der Waals surface area contributed by atoms with Crippen molar-refractivity contribution in [2.24, 2.45) is 7.05 Å². The van der Waals surface area contributed by atoms with Crippen molar-refractivity contribution < 1.29 is 5.11 Å². The van der Waals surface area contributed by atoms with Gasteiger partial charge in [0.1, 0.15) is 6.10 Å². The highest BCUT2D eigenvalue weighted by atomic mass is 79.9. The Bertz CT molecular complexity index is 458. The summed E-state index contributed by atoms with van der Waals surface area (Å²) in [5, 5.41) is 18.3. The number of hydrogen-bond acceptors (Lipinski definition) is 3. The van der Waals surface area contributed by atoms with Crippen LogP contribution in [0.5, 0.6) is 0 Å². The van der Waals surface area contributed by atoms with Crippen LogP contribution in [0.4, 0.5) is 0 Å². The number of aliphatic hydroxyl groups is 1. The molecule has 0 aromatic carbocycles. The van der Waals surface area contributed by atoms with Crippen molar-refractivity contribution in [1.82, 2.24) is 9.78 Å². The number of nitrogens with zero attached hydrogens (tertiary/aromatic N) is 2. The monoisotopic (exact) mass is 286 g/mol. The van der Waals surface area contributed by atoms with E-state index >= 15 is 0 Å². The molecule has 2 aromatic rings. The zero-order chi connectivity index (χ0) is 11.0. The Hall–Kier alpha value is -0.650. The zero-order valence-corrected chi connectivity index (χ0v) is 10.8. The first kappa shape index (κ1) is 10.9. The topological polar surface area (TPSA) is 38.1 Å². The highest BCUT2D eigenvalue weighted by Gasteiger charge is 2.19. The Balaban J connectivity index is 2.45. The van der Waals surface area contributed by atoms with Crippen molar-refractivity contribution in [3.05, 3.63) is 38.3 Å². The first-order chi connectivity index (χ1) is 7.11. The minimum Gasteiger partial charge on any atom is -0.382 e. The summed E-state index contributed by atoms with van der Waals surface area (Å²) in [5.41, 5.74) is 2.85. The fourth-order valence-electron chi connectivity index (χ4n) is 1.53. The zero-order valence-electron chi connectivity index (χ0n) is 8.44. The molecule has 0 fully saturated rings. The van der Waals surface area contributed by atoms with Gasteiger partial charge in [-0.25, -0.2) is 0 Å². The van der Waals surface area contributed by atoms with Crippen LogP contribution in [-0.4, -0.2) is 14.9 Å². The number of aromatic nitrogens is 2. The standard InChI is InChI=1S/C10H11BrN2OS/c1-6-4-15-5-7(6)10(14)9-8(11)3-12-13(9)2/h3-5,10,14H,1-2H3. The van der Waals surface area contributed by atoms with Crippen molar-refractivity contribution in [2.45, 2.75) is 13.0 Å². The van der Waals surface area contributed by atoms with Gasteiger partial charge in [-0.15, -0.1) is 0 Å². The molecule has 80 valence electrons. The van der Waals surface area contributed by atoms with Crippen LogP contribution in [-0.2, 0) is 7.05 Å². The highest BCUT2D eigenvalue weighted by Crippen LogP contribution is 2.31. The fraction of sp³-hybridized carbons (Fsp3) is 0.300. The second kappa shape index (κ2) is 4.08. The maximum absolute atomic E-state index is 10.2. The average Bonchev–Trinajstić information content (AvgIpc) is 2.73. The maximum Gasteiger partial charge on any atom is 0.123 e. The molecular weight excluding hydrogens is 276 g/mol. The van der Waals surface area contributed by atoms with Crippen LogP contribution in [0.3, 0.4) is 0 Å². The molecule has 2 heterocycles. The van der Waals surface area contributed by atoms with Crippen LogP contribution >= 0.6 is 27.3 Å². The molecule has 0 spiro atoms. The number of rotatable bonds is 2. The lowest BCUT2D eigenvalue weighted by Crippen LogP contribution is -2.07. The van der Waals surface area contributed by atoms with Gasteiger partial charge in [-0.1, -0.05) is 0 Å². The van der Waals surface area contributed by atoms with Gasteiger partial charge in [-0.3, -0.25) is 4.68 Å². The quantitative estimate of drug-likeness (QED) is 0.922. The second-order valence-corrected chi connectivity index (χ2v) is 5.01. The maximum atomic E-state index is 10.2. The molecule has 1 N–H and O–H groups in total. The van der Waals surface area contributed by atoms with E-state index in [1.807, 2.05) is 24.7 Å². The number of aliphatic hydroxyl groups excluding tert-OH is 1. The fourth-order valence-corrected chi connectivity index (χ4v) is 2.96. The van der Waals surface area contributed by atoms with Crippen LogP contribution in [0.15, 0.2) is 21.4 Å². The molecule has 2 aromatic heterocycles. The number of hydrogen-bond donors (Lipinski definition) is 1. The van der Waals surface area contributed by atoms with E-state index < -0.39 is 6.10 Å². The van der Waals surface area contributed by atoms with Crippen molar-refractivity contribution in [2.75, 3.05) is 0 Å². The van der Waals surface area contributed by atoms with Gasteiger partial charge in [0.2, 0.25) is 0 Å². The number of aryl methyl sites for hydroxylation is 2. The van der Waals surface area contributed by atoms with Crippen LogP contribution in [0.2, 0.25) is 0 Å².